The van der Waals surface area contributed by atoms with E-state index in [1.165, 1.54) is 18.5 Å². The van der Waals surface area contributed by atoms with Crippen LogP contribution in [0.1, 0.15) is 57.8 Å². The van der Waals surface area contributed by atoms with Gasteiger partial charge in [-0.05, 0) is 55.6 Å². The van der Waals surface area contributed by atoms with Gasteiger partial charge < -0.3 is 10.1 Å². The fourth-order valence-corrected chi connectivity index (χ4v) is 3.23. The zero-order chi connectivity index (χ0) is 13.8. The molecule has 0 aromatic carbocycles. The second-order valence-corrected chi connectivity index (χ2v) is 6.21. The third kappa shape index (κ3) is 3.38. The van der Waals surface area contributed by atoms with Crippen molar-refractivity contribution in [3.8, 4) is 0 Å². The smallest absolute Gasteiger partial charge is 0.0785 e. The molecular formula is C14H24BrN3O. The number of rotatable bonds is 5. The third-order valence-corrected chi connectivity index (χ3v) is 4.19. The molecule has 0 saturated carbocycles. The van der Waals surface area contributed by atoms with Crippen LogP contribution in [0.15, 0.2) is 10.7 Å². The Morgan fingerprint density at radius 2 is 2.32 bits per heavy atom. The second kappa shape index (κ2) is 6.86. The van der Waals surface area contributed by atoms with Gasteiger partial charge in [0.1, 0.15) is 0 Å². The number of hydrogen-bond donors (Lipinski definition) is 1. The zero-order valence-corrected chi connectivity index (χ0v) is 13.6. The molecule has 2 heterocycles. The lowest BCUT2D eigenvalue weighted by Gasteiger charge is -2.32. The van der Waals surface area contributed by atoms with Gasteiger partial charge in [0.15, 0.2) is 0 Å². The van der Waals surface area contributed by atoms with Gasteiger partial charge in [-0.3, -0.25) is 4.68 Å². The molecule has 4 nitrogen and oxygen atoms in total. The van der Waals surface area contributed by atoms with Crippen LogP contribution in [0.25, 0.3) is 0 Å². The van der Waals surface area contributed by atoms with Gasteiger partial charge in [0.25, 0.3) is 0 Å². The molecule has 1 aliphatic heterocycles. The summed E-state index contributed by atoms with van der Waals surface area (Å²) in [5.41, 5.74) is 1.21. The van der Waals surface area contributed by atoms with E-state index in [2.05, 4.69) is 51.8 Å². The third-order valence-electron chi connectivity index (χ3n) is 3.58. The van der Waals surface area contributed by atoms with E-state index in [0.717, 1.165) is 24.0 Å². The number of ether oxygens (including phenoxy) is 1. The summed E-state index contributed by atoms with van der Waals surface area (Å²) in [5.74, 6) is 0. The number of hydrogen-bond acceptors (Lipinski definition) is 3. The summed E-state index contributed by atoms with van der Waals surface area (Å²) in [5, 5.41) is 8.06. The molecule has 0 amide bonds. The number of likely N-dealkylation sites (N-methyl/N-ethyl adjacent to an activating group) is 1. The van der Waals surface area contributed by atoms with E-state index >= 15 is 0 Å². The Morgan fingerprint density at radius 1 is 1.53 bits per heavy atom. The van der Waals surface area contributed by atoms with E-state index in [0.29, 0.717) is 6.04 Å². The first-order valence-corrected chi connectivity index (χ1v) is 8.02. The molecule has 1 N–H and O–H groups in total. The van der Waals surface area contributed by atoms with E-state index in [-0.39, 0.29) is 12.1 Å². The van der Waals surface area contributed by atoms with Gasteiger partial charge in [0, 0.05) is 12.6 Å². The second-order valence-electron chi connectivity index (χ2n) is 5.36. The van der Waals surface area contributed by atoms with Crippen LogP contribution in [0.2, 0.25) is 0 Å². The monoisotopic (exact) mass is 329 g/mol. The van der Waals surface area contributed by atoms with Crippen molar-refractivity contribution in [1.29, 1.82) is 0 Å². The molecule has 0 bridgehead atoms. The van der Waals surface area contributed by atoms with Crippen LogP contribution in [0, 0.1) is 0 Å². The van der Waals surface area contributed by atoms with Crippen LogP contribution in [0.5, 0.6) is 0 Å². The first kappa shape index (κ1) is 15.0. The number of halogens is 1. The minimum absolute atomic E-state index is 0.213. The van der Waals surface area contributed by atoms with E-state index in [9.17, 15) is 0 Å². The summed E-state index contributed by atoms with van der Waals surface area (Å²) in [4.78, 5) is 0. The quantitative estimate of drug-likeness (QED) is 0.899. The summed E-state index contributed by atoms with van der Waals surface area (Å²) < 4.78 is 9.15. The van der Waals surface area contributed by atoms with E-state index in [1.807, 2.05) is 6.20 Å². The van der Waals surface area contributed by atoms with Crippen LogP contribution >= 0.6 is 15.9 Å². The van der Waals surface area contributed by atoms with Gasteiger partial charge in [-0.25, -0.2) is 0 Å². The summed E-state index contributed by atoms with van der Waals surface area (Å²) in [6.07, 6.45) is 5.69. The Morgan fingerprint density at radius 3 is 2.89 bits per heavy atom. The van der Waals surface area contributed by atoms with Crippen LogP contribution in [-0.2, 0) is 4.74 Å². The minimum Gasteiger partial charge on any atom is -0.376 e. The summed E-state index contributed by atoms with van der Waals surface area (Å²) in [6.45, 7) is 8.27. The molecule has 0 radical (unpaired) electrons. The van der Waals surface area contributed by atoms with E-state index in [1.54, 1.807) is 0 Å². The SMILES string of the molecule is CCNC(c1c(Br)cnn1C(C)C)C1CCCCO1. The maximum Gasteiger partial charge on any atom is 0.0785 e. The van der Waals surface area contributed by atoms with E-state index in [4.69, 9.17) is 4.74 Å². The first-order valence-electron chi connectivity index (χ1n) is 7.23. The highest BCUT2D eigenvalue weighted by Gasteiger charge is 2.30. The Bertz CT molecular complexity index is 399. The van der Waals surface area contributed by atoms with E-state index < -0.39 is 0 Å². The standard InChI is InChI=1S/C14H24BrN3O/c1-4-16-13(12-7-5-6-8-19-12)14-11(15)9-17-18(14)10(2)3/h9-10,12-13,16H,4-8H2,1-3H3. The van der Waals surface area contributed by atoms with Gasteiger partial charge in [0.2, 0.25) is 0 Å². The number of nitrogens with zero attached hydrogens (tertiary/aromatic N) is 2. The molecule has 108 valence electrons. The Hall–Kier alpha value is -0.390. The van der Waals surface area contributed by atoms with Crippen molar-refractivity contribution in [2.45, 2.75) is 58.2 Å². The Kier molecular flexibility index (Phi) is 5.42. The van der Waals surface area contributed by atoms with Gasteiger partial charge in [0.05, 0.1) is 28.5 Å². The molecule has 1 aliphatic rings. The predicted molar refractivity (Wildman–Crippen MR) is 80.3 cm³/mol. The number of aromatic nitrogens is 2. The fourth-order valence-electron chi connectivity index (χ4n) is 2.71. The average molecular weight is 330 g/mol. The van der Waals surface area contributed by atoms with Crippen molar-refractivity contribution >= 4 is 15.9 Å². The molecule has 5 heteroatoms. The zero-order valence-electron chi connectivity index (χ0n) is 12.0. The Labute approximate surface area is 124 Å². The molecule has 19 heavy (non-hydrogen) atoms. The number of nitrogens with one attached hydrogen (secondary N) is 1. The minimum atomic E-state index is 0.213. The highest BCUT2D eigenvalue weighted by atomic mass is 79.9. The maximum absolute atomic E-state index is 5.98. The molecule has 1 fully saturated rings. The molecule has 1 aromatic heterocycles. The molecular weight excluding hydrogens is 306 g/mol. The predicted octanol–water partition coefficient (Wildman–Crippen LogP) is 3.45. The van der Waals surface area contributed by atoms with Crippen molar-refractivity contribution in [3.05, 3.63) is 16.4 Å². The lowest BCUT2D eigenvalue weighted by Crippen LogP contribution is -2.37. The van der Waals surface area contributed by atoms with Crippen LogP contribution in [0.4, 0.5) is 0 Å². The Balaban J connectivity index is 2.29. The van der Waals surface area contributed by atoms with Gasteiger partial charge >= 0.3 is 0 Å². The molecule has 0 spiro atoms. The summed E-state index contributed by atoms with van der Waals surface area (Å²) >= 11 is 3.64. The van der Waals surface area contributed by atoms with Crippen molar-refractivity contribution in [2.75, 3.05) is 13.2 Å². The van der Waals surface area contributed by atoms with Crippen LogP contribution in [0.3, 0.4) is 0 Å². The first-order chi connectivity index (χ1) is 9.15. The lowest BCUT2D eigenvalue weighted by molar-refractivity contribution is -0.0100. The summed E-state index contributed by atoms with van der Waals surface area (Å²) in [6, 6.07) is 0.565. The molecule has 2 rings (SSSR count). The largest absolute Gasteiger partial charge is 0.376 e. The van der Waals surface area contributed by atoms with Gasteiger partial charge in [-0.1, -0.05) is 6.92 Å². The molecule has 2 unspecified atom stereocenters. The van der Waals surface area contributed by atoms with Crippen molar-refractivity contribution in [3.63, 3.8) is 0 Å². The molecule has 0 aliphatic carbocycles. The molecule has 1 saturated heterocycles. The van der Waals surface area contributed by atoms with Crippen LogP contribution < -0.4 is 5.32 Å². The van der Waals surface area contributed by atoms with Crippen molar-refractivity contribution < 1.29 is 4.74 Å². The molecule has 2 atom stereocenters. The maximum atomic E-state index is 5.98. The van der Waals surface area contributed by atoms with Crippen LogP contribution in [-0.4, -0.2) is 29.0 Å². The normalized spacial score (nSPS) is 21.8. The highest BCUT2D eigenvalue weighted by Crippen LogP contribution is 2.32. The lowest BCUT2D eigenvalue weighted by atomic mass is 9.99. The topological polar surface area (TPSA) is 39.1 Å². The van der Waals surface area contributed by atoms with Crippen molar-refractivity contribution in [1.82, 2.24) is 15.1 Å². The van der Waals surface area contributed by atoms with Gasteiger partial charge in [-0.2, -0.15) is 5.10 Å². The highest BCUT2D eigenvalue weighted by molar-refractivity contribution is 9.10. The summed E-state index contributed by atoms with van der Waals surface area (Å²) in [7, 11) is 0. The molecule has 1 aromatic rings. The fraction of sp³-hybridized carbons (Fsp3) is 0.786. The average Bonchev–Trinajstić information content (AvgIpc) is 2.79. The van der Waals surface area contributed by atoms with Gasteiger partial charge in [-0.15, -0.1) is 0 Å². The van der Waals surface area contributed by atoms with Crippen molar-refractivity contribution in [2.24, 2.45) is 0 Å².